The van der Waals surface area contributed by atoms with E-state index < -0.39 is 7.12 Å². The Morgan fingerprint density at radius 1 is 1.00 bits per heavy atom. The third-order valence-electron chi connectivity index (χ3n) is 3.61. The molecule has 0 spiro atoms. The minimum atomic E-state index is -0.446. The fourth-order valence-electron chi connectivity index (χ4n) is 1.65. The molecule has 0 bridgehead atoms. The Morgan fingerprint density at radius 2 is 1.56 bits per heavy atom. The van der Waals surface area contributed by atoms with E-state index in [9.17, 15) is 0 Å². The molecule has 0 saturated carbocycles. The van der Waals surface area contributed by atoms with E-state index >= 15 is 0 Å². The predicted molar refractivity (Wildman–Crippen MR) is 72.1 cm³/mol. The van der Waals surface area contributed by atoms with Crippen LogP contribution in [0.3, 0.4) is 0 Å². The molecular weight excluding hydrogens is 229 g/mol. The topological polar surface area (TPSA) is 47.5 Å². The lowest BCUT2D eigenvalue weighted by Gasteiger charge is -2.32. The van der Waals surface area contributed by atoms with Gasteiger partial charge in [-0.15, -0.1) is 0 Å². The smallest absolute Gasteiger partial charge is 0.398 e. The van der Waals surface area contributed by atoms with Crippen molar-refractivity contribution < 1.29 is 9.31 Å². The lowest BCUT2D eigenvalue weighted by molar-refractivity contribution is 0.00578. The van der Waals surface area contributed by atoms with Crippen molar-refractivity contribution in [1.82, 2.24) is 9.97 Å². The van der Waals surface area contributed by atoms with Gasteiger partial charge in [-0.2, -0.15) is 0 Å². The first-order valence-corrected chi connectivity index (χ1v) is 6.08. The molecular formula is C12H20BN3O2. The summed E-state index contributed by atoms with van der Waals surface area (Å²) in [6.45, 7) is 8.09. The van der Waals surface area contributed by atoms with Gasteiger partial charge in [0.25, 0.3) is 0 Å². The van der Waals surface area contributed by atoms with E-state index in [1.165, 1.54) is 0 Å². The summed E-state index contributed by atoms with van der Waals surface area (Å²) in [5, 5.41) is 0. The molecule has 6 heteroatoms. The molecule has 1 aromatic heterocycles. The van der Waals surface area contributed by atoms with Gasteiger partial charge in [0.2, 0.25) is 0 Å². The SMILES string of the molecule is CN(C)c1cnc(B2OC(C)(C)C(C)(C)O2)cn1. The summed E-state index contributed by atoms with van der Waals surface area (Å²) >= 11 is 0. The molecule has 1 aliphatic heterocycles. The molecule has 0 amide bonds. The first-order valence-electron chi connectivity index (χ1n) is 6.08. The quantitative estimate of drug-likeness (QED) is 0.727. The maximum absolute atomic E-state index is 5.91. The van der Waals surface area contributed by atoms with Crippen LogP contribution in [0.2, 0.25) is 0 Å². The van der Waals surface area contributed by atoms with E-state index in [1.807, 2.05) is 46.7 Å². The third kappa shape index (κ3) is 2.22. The monoisotopic (exact) mass is 249 g/mol. The van der Waals surface area contributed by atoms with Crippen molar-refractivity contribution in [2.24, 2.45) is 0 Å². The Kier molecular flexibility index (Phi) is 3.11. The maximum Gasteiger partial charge on any atom is 0.516 e. The van der Waals surface area contributed by atoms with Crippen LogP contribution in [0.4, 0.5) is 5.82 Å². The van der Waals surface area contributed by atoms with Crippen LogP contribution in [-0.4, -0.2) is 42.4 Å². The molecule has 0 aliphatic carbocycles. The number of anilines is 1. The largest absolute Gasteiger partial charge is 0.516 e. The van der Waals surface area contributed by atoms with Gasteiger partial charge in [0.15, 0.2) is 0 Å². The Bertz CT molecular complexity index is 415. The second kappa shape index (κ2) is 4.21. The van der Waals surface area contributed by atoms with Crippen LogP contribution < -0.4 is 10.5 Å². The van der Waals surface area contributed by atoms with Gasteiger partial charge in [0.1, 0.15) is 5.82 Å². The van der Waals surface area contributed by atoms with Crippen LogP contribution in [0.5, 0.6) is 0 Å². The maximum atomic E-state index is 5.91. The second-order valence-corrected chi connectivity index (χ2v) is 5.78. The van der Waals surface area contributed by atoms with Crippen LogP contribution in [0.25, 0.3) is 0 Å². The zero-order chi connectivity index (χ0) is 13.6. The fraction of sp³-hybridized carbons (Fsp3) is 0.667. The normalized spacial score (nSPS) is 21.1. The molecule has 1 aliphatic rings. The molecule has 2 heterocycles. The minimum absolute atomic E-state index is 0.348. The van der Waals surface area contributed by atoms with Gasteiger partial charge in [-0.25, -0.2) is 4.98 Å². The van der Waals surface area contributed by atoms with Gasteiger partial charge < -0.3 is 14.2 Å². The number of nitrogens with zero attached hydrogens (tertiary/aromatic N) is 3. The van der Waals surface area contributed by atoms with E-state index in [-0.39, 0.29) is 11.2 Å². The standard InChI is InChI=1S/C12H20BN3O2/c1-11(2)12(3,4)18-13(17-11)9-7-15-10(8-14-9)16(5)6/h7-8H,1-6H3. The van der Waals surface area contributed by atoms with Gasteiger partial charge in [0, 0.05) is 20.3 Å². The molecule has 1 saturated heterocycles. The highest BCUT2D eigenvalue weighted by molar-refractivity contribution is 6.61. The van der Waals surface area contributed by atoms with Gasteiger partial charge in [-0.1, -0.05) is 0 Å². The van der Waals surface area contributed by atoms with Crippen molar-refractivity contribution in [3.8, 4) is 0 Å². The Hall–Kier alpha value is -1.14. The fourth-order valence-corrected chi connectivity index (χ4v) is 1.65. The summed E-state index contributed by atoms with van der Waals surface area (Å²) in [7, 11) is 3.41. The average molecular weight is 249 g/mol. The summed E-state index contributed by atoms with van der Waals surface area (Å²) in [6.07, 6.45) is 3.43. The summed E-state index contributed by atoms with van der Waals surface area (Å²) in [4.78, 5) is 10.6. The zero-order valence-corrected chi connectivity index (χ0v) is 11.9. The van der Waals surface area contributed by atoms with Gasteiger partial charge in [-0.05, 0) is 27.7 Å². The number of rotatable bonds is 2. The summed E-state index contributed by atoms with van der Waals surface area (Å²) in [5.41, 5.74) is 0.0123. The number of hydrogen-bond acceptors (Lipinski definition) is 5. The van der Waals surface area contributed by atoms with Crippen molar-refractivity contribution in [3.63, 3.8) is 0 Å². The highest BCUT2D eigenvalue weighted by Crippen LogP contribution is 2.36. The van der Waals surface area contributed by atoms with E-state index in [1.54, 1.807) is 12.4 Å². The highest BCUT2D eigenvalue weighted by Gasteiger charge is 2.52. The van der Waals surface area contributed by atoms with Crippen LogP contribution in [0, 0.1) is 0 Å². The highest BCUT2D eigenvalue weighted by atomic mass is 16.7. The Labute approximate surface area is 109 Å². The predicted octanol–water partition coefficient (Wildman–Crippen LogP) is 0.842. The first kappa shape index (κ1) is 13.3. The lowest BCUT2D eigenvalue weighted by Crippen LogP contribution is -2.41. The molecule has 0 aromatic carbocycles. The number of hydrogen-bond donors (Lipinski definition) is 0. The molecule has 18 heavy (non-hydrogen) atoms. The average Bonchev–Trinajstić information content (AvgIpc) is 2.48. The minimum Gasteiger partial charge on any atom is -0.398 e. The first-order chi connectivity index (χ1) is 8.23. The summed E-state index contributed by atoms with van der Waals surface area (Å²) < 4.78 is 11.8. The molecule has 98 valence electrons. The van der Waals surface area contributed by atoms with E-state index in [4.69, 9.17) is 9.31 Å². The molecule has 5 nitrogen and oxygen atoms in total. The molecule has 0 unspecified atom stereocenters. The third-order valence-corrected chi connectivity index (χ3v) is 3.61. The molecule has 2 rings (SSSR count). The molecule has 0 atom stereocenters. The van der Waals surface area contributed by atoms with E-state index in [0.717, 1.165) is 5.82 Å². The Balaban J connectivity index is 2.19. The summed E-state index contributed by atoms with van der Waals surface area (Å²) in [6, 6.07) is 0. The van der Waals surface area contributed by atoms with Crippen molar-refractivity contribution >= 4 is 18.5 Å². The van der Waals surface area contributed by atoms with Crippen molar-refractivity contribution in [2.75, 3.05) is 19.0 Å². The second-order valence-electron chi connectivity index (χ2n) is 5.78. The van der Waals surface area contributed by atoms with Crippen molar-refractivity contribution in [3.05, 3.63) is 12.4 Å². The van der Waals surface area contributed by atoms with Gasteiger partial charge >= 0.3 is 7.12 Å². The van der Waals surface area contributed by atoms with E-state index in [0.29, 0.717) is 5.59 Å². The zero-order valence-electron chi connectivity index (χ0n) is 11.9. The molecule has 0 N–H and O–H groups in total. The van der Waals surface area contributed by atoms with Crippen LogP contribution in [-0.2, 0) is 9.31 Å². The van der Waals surface area contributed by atoms with Crippen LogP contribution in [0.1, 0.15) is 27.7 Å². The molecule has 0 radical (unpaired) electrons. The van der Waals surface area contributed by atoms with Crippen molar-refractivity contribution in [2.45, 2.75) is 38.9 Å². The van der Waals surface area contributed by atoms with E-state index in [2.05, 4.69) is 9.97 Å². The van der Waals surface area contributed by atoms with Crippen LogP contribution >= 0.6 is 0 Å². The molecule has 1 fully saturated rings. The lowest BCUT2D eigenvalue weighted by atomic mass is 9.85. The van der Waals surface area contributed by atoms with Gasteiger partial charge in [-0.3, -0.25) is 4.98 Å². The Morgan fingerprint density at radius 3 is 1.94 bits per heavy atom. The van der Waals surface area contributed by atoms with Crippen LogP contribution in [0.15, 0.2) is 12.4 Å². The molecule has 1 aromatic rings. The van der Waals surface area contributed by atoms with Gasteiger partial charge in [0.05, 0.1) is 23.0 Å². The summed E-state index contributed by atoms with van der Waals surface area (Å²) in [5.74, 6) is 0.815. The van der Waals surface area contributed by atoms with Crippen molar-refractivity contribution in [1.29, 1.82) is 0 Å². The number of aromatic nitrogens is 2.